The van der Waals surface area contributed by atoms with Crippen molar-refractivity contribution in [2.24, 2.45) is 11.8 Å². The summed E-state index contributed by atoms with van der Waals surface area (Å²) in [5.74, 6) is -0.695. The van der Waals surface area contributed by atoms with Gasteiger partial charge in [0.1, 0.15) is 5.25 Å². The molecule has 0 aromatic rings. The molecule has 172 valence electrons. The van der Waals surface area contributed by atoms with Gasteiger partial charge in [-0.05, 0) is 36.7 Å². The minimum atomic E-state index is -2.80. The number of ether oxygens (including phenoxy) is 2. The minimum absolute atomic E-state index is 0. The third-order valence-electron chi connectivity index (χ3n) is 4.85. The first-order valence-electron chi connectivity index (χ1n) is 10.6. The zero-order valence-electron chi connectivity index (χ0n) is 19.2. The third kappa shape index (κ3) is 16.8. The fourth-order valence-corrected chi connectivity index (χ4v) is 3.73. The molecule has 0 saturated heterocycles. The monoisotopic (exact) mass is 476 g/mol. The number of carbonyl (C=O) groups is 2. The second-order valence-corrected chi connectivity index (χ2v) is 8.92. The Kier molecular flexibility index (Phi) is 22.7. The largest absolute Gasteiger partial charge is 1.00 e. The number of hydrogen-bond donors (Lipinski definition) is 0. The van der Waals surface area contributed by atoms with E-state index >= 15 is 0 Å². The molecule has 0 radical (unpaired) electrons. The zero-order valence-corrected chi connectivity index (χ0v) is 22.8. The molecule has 0 rings (SSSR count). The summed E-state index contributed by atoms with van der Waals surface area (Å²) < 4.78 is 36.5. The maximum absolute atomic E-state index is 12.4. The van der Waals surface area contributed by atoms with Gasteiger partial charge >= 0.3 is 41.5 Å². The first-order chi connectivity index (χ1) is 13.9. The normalized spacial score (nSPS) is 13.9. The van der Waals surface area contributed by atoms with Gasteiger partial charge in [0.2, 0.25) is 0 Å². The van der Waals surface area contributed by atoms with Gasteiger partial charge in [0.15, 0.2) is 0 Å². The van der Waals surface area contributed by atoms with E-state index in [1.165, 1.54) is 0 Å². The van der Waals surface area contributed by atoms with Gasteiger partial charge in [-0.3, -0.25) is 9.59 Å². The maximum Gasteiger partial charge on any atom is 1.00 e. The van der Waals surface area contributed by atoms with Crippen LogP contribution in [0.2, 0.25) is 0 Å². The Morgan fingerprint density at radius 1 is 0.867 bits per heavy atom. The van der Waals surface area contributed by atoms with E-state index in [-0.39, 0.29) is 54.4 Å². The second-order valence-electron chi connectivity index (χ2n) is 7.21. The molecule has 30 heavy (non-hydrogen) atoms. The van der Waals surface area contributed by atoms with Crippen LogP contribution < -0.4 is 29.6 Å². The number of hydrogen-bond acceptors (Lipinski definition) is 9. The van der Waals surface area contributed by atoms with E-state index in [1.807, 2.05) is 13.8 Å². The topological polar surface area (TPSA) is 96.0 Å². The molecule has 0 bridgehead atoms. The summed E-state index contributed by atoms with van der Waals surface area (Å²) in [7, 11) is -2.80. The Bertz CT molecular complexity index is 521. The zero-order chi connectivity index (χ0) is 22.1. The predicted molar refractivity (Wildman–Crippen MR) is 114 cm³/mol. The number of rotatable bonds is 18. The molecular weight excluding hydrogens is 439 g/mol. The van der Waals surface area contributed by atoms with Crippen molar-refractivity contribution in [3.63, 3.8) is 0 Å². The van der Waals surface area contributed by atoms with Crippen LogP contribution in [0.1, 0.15) is 85.5 Å². The quantitative estimate of drug-likeness (QED) is 0.129. The van der Waals surface area contributed by atoms with Crippen LogP contribution in [-0.2, 0) is 42.1 Å². The Balaban J connectivity index is 0. The van der Waals surface area contributed by atoms with Gasteiger partial charge in [-0.25, -0.2) is 0 Å². The standard InChI is InChI=1S/C20H37O7S2.Na/c1-5-9-11-16(7-3)14-25-19(21)13-18(28-27-29(23)24)20(22)26-15-17(8-4)12-10-6-2;/h16-18H,5-15H2,1-4H3;/q-1;+1. The molecule has 0 aromatic carbocycles. The molecule has 0 aliphatic rings. The van der Waals surface area contributed by atoms with Crippen LogP contribution in [0.4, 0.5) is 0 Å². The third-order valence-corrected chi connectivity index (χ3v) is 6.20. The van der Waals surface area contributed by atoms with Crippen LogP contribution in [0.15, 0.2) is 0 Å². The van der Waals surface area contributed by atoms with Crippen molar-refractivity contribution >= 4 is 35.0 Å². The molecule has 0 fully saturated rings. The maximum atomic E-state index is 12.4. The second kappa shape index (κ2) is 21.1. The number of unbranched alkanes of at least 4 members (excludes halogenated alkanes) is 2. The van der Waals surface area contributed by atoms with Crippen LogP contribution in [-0.4, -0.2) is 30.4 Å². The summed E-state index contributed by atoms with van der Waals surface area (Å²) in [6.45, 7) is 8.83. The van der Waals surface area contributed by atoms with Crippen molar-refractivity contribution in [2.45, 2.75) is 90.7 Å². The van der Waals surface area contributed by atoms with Crippen LogP contribution >= 0.6 is 12.0 Å². The van der Waals surface area contributed by atoms with Gasteiger partial charge in [0.25, 0.3) is 0 Å². The molecule has 3 atom stereocenters. The number of esters is 2. The smallest absolute Gasteiger partial charge is 0.465 e. The van der Waals surface area contributed by atoms with Crippen LogP contribution in [0, 0.1) is 11.8 Å². The van der Waals surface area contributed by atoms with Gasteiger partial charge in [-0.2, -0.15) is 0 Å². The summed E-state index contributed by atoms with van der Waals surface area (Å²) in [4.78, 5) is 24.6. The van der Waals surface area contributed by atoms with E-state index in [0.717, 1.165) is 51.4 Å². The van der Waals surface area contributed by atoms with E-state index in [4.69, 9.17) is 9.47 Å². The molecular formula is C20H37NaO7S2. The van der Waals surface area contributed by atoms with E-state index in [9.17, 15) is 18.0 Å². The van der Waals surface area contributed by atoms with E-state index < -0.39 is 28.2 Å². The molecule has 0 saturated carbocycles. The minimum Gasteiger partial charge on any atom is -0.465 e. The first-order valence-corrected chi connectivity index (χ1v) is 12.4. The first kappa shape index (κ1) is 32.4. The average molecular weight is 477 g/mol. The van der Waals surface area contributed by atoms with Crippen LogP contribution in [0.5, 0.6) is 0 Å². The van der Waals surface area contributed by atoms with Crippen molar-refractivity contribution in [3.8, 4) is 0 Å². The average Bonchev–Trinajstić information content (AvgIpc) is 2.70. The fourth-order valence-electron chi connectivity index (χ4n) is 2.75. The van der Waals surface area contributed by atoms with Gasteiger partial charge in [0, 0.05) is 0 Å². The Morgan fingerprint density at radius 3 is 1.80 bits per heavy atom. The fraction of sp³-hybridized carbons (Fsp3) is 0.900. The Morgan fingerprint density at radius 2 is 1.37 bits per heavy atom. The molecule has 0 aliphatic carbocycles. The summed E-state index contributed by atoms with van der Waals surface area (Å²) in [5, 5.41) is -1.08. The molecule has 0 spiro atoms. The molecule has 7 nitrogen and oxygen atoms in total. The van der Waals surface area contributed by atoms with Crippen molar-refractivity contribution in [2.75, 3.05) is 13.2 Å². The van der Waals surface area contributed by atoms with Crippen molar-refractivity contribution in [1.29, 1.82) is 0 Å². The summed E-state index contributed by atoms with van der Waals surface area (Å²) >= 11 is 0.409. The van der Waals surface area contributed by atoms with Crippen LogP contribution in [0.25, 0.3) is 0 Å². The SMILES string of the molecule is CCCCC(CC)COC(=O)CC(SO[S-](=O)=O)C(=O)OCC(CC)CCCC.[Na+]. The summed E-state index contributed by atoms with van der Waals surface area (Å²) in [5.41, 5.74) is 0. The van der Waals surface area contributed by atoms with Crippen molar-refractivity contribution in [1.82, 2.24) is 0 Å². The summed E-state index contributed by atoms with van der Waals surface area (Å²) in [6, 6.07) is 0. The molecule has 0 amide bonds. The molecule has 0 aliphatic heterocycles. The van der Waals surface area contributed by atoms with Gasteiger partial charge in [-0.15, -0.1) is 0 Å². The Hall–Kier alpha value is 0.200. The predicted octanol–water partition coefficient (Wildman–Crippen LogP) is 2.16. The molecule has 3 unspecified atom stereocenters. The number of carbonyl (C=O) groups excluding carboxylic acids is 2. The molecule has 0 heterocycles. The van der Waals surface area contributed by atoms with Gasteiger partial charge in [0.05, 0.1) is 30.6 Å². The van der Waals surface area contributed by atoms with E-state index in [2.05, 4.69) is 17.5 Å². The van der Waals surface area contributed by atoms with Crippen LogP contribution in [0.3, 0.4) is 0 Å². The van der Waals surface area contributed by atoms with E-state index in [1.54, 1.807) is 0 Å². The van der Waals surface area contributed by atoms with Gasteiger partial charge in [-0.1, -0.05) is 66.2 Å². The Labute approximate surface area is 210 Å². The molecule has 0 N–H and O–H groups in total. The van der Waals surface area contributed by atoms with Crippen molar-refractivity contribution in [3.05, 3.63) is 0 Å². The summed E-state index contributed by atoms with van der Waals surface area (Å²) in [6.07, 6.45) is 7.69. The van der Waals surface area contributed by atoms with Crippen molar-refractivity contribution < 1.29 is 60.7 Å². The van der Waals surface area contributed by atoms with E-state index in [0.29, 0.717) is 18.6 Å². The molecule has 10 heteroatoms. The molecule has 0 aromatic heterocycles. The van der Waals surface area contributed by atoms with Gasteiger partial charge < -0.3 is 21.5 Å².